The fraction of sp³-hybridized carbons (Fsp3) is 0.368. The molecular weight excluding hydrogens is 392 g/mol. The van der Waals surface area contributed by atoms with Gasteiger partial charge in [-0.05, 0) is 30.9 Å². The van der Waals surface area contributed by atoms with Gasteiger partial charge in [0.2, 0.25) is 0 Å². The SMILES string of the molecule is Cc1cc(Nc2cc(NC(=O)O)ncn2)c([N+](=O)[O-])c(CC(C)C)c1C(=O)N(C)C. The van der Waals surface area contributed by atoms with Crippen molar-refractivity contribution < 1.29 is 19.6 Å². The topological polar surface area (TPSA) is 151 Å². The van der Waals surface area contributed by atoms with Crippen LogP contribution >= 0.6 is 0 Å². The number of amides is 2. The molecular formula is C19H24N6O5. The summed E-state index contributed by atoms with van der Waals surface area (Å²) in [7, 11) is 3.19. The van der Waals surface area contributed by atoms with Gasteiger partial charge in [0, 0.05) is 25.7 Å². The van der Waals surface area contributed by atoms with Gasteiger partial charge in [-0.15, -0.1) is 0 Å². The molecule has 2 amide bonds. The predicted octanol–water partition coefficient (Wildman–Crippen LogP) is 3.43. The maximum Gasteiger partial charge on any atom is 0.410 e. The molecule has 0 aliphatic heterocycles. The van der Waals surface area contributed by atoms with Gasteiger partial charge in [-0.2, -0.15) is 0 Å². The second kappa shape index (κ2) is 9.16. The highest BCUT2D eigenvalue weighted by Crippen LogP contribution is 2.37. The zero-order valence-corrected chi connectivity index (χ0v) is 17.4. The molecule has 0 radical (unpaired) electrons. The number of benzene rings is 1. The van der Waals surface area contributed by atoms with Gasteiger partial charge >= 0.3 is 6.09 Å². The van der Waals surface area contributed by atoms with Gasteiger partial charge in [-0.1, -0.05) is 13.8 Å². The van der Waals surface area contributed by atoms with E-state index in [0.29, 0.717) is 23.1 Å². The van der Waals surface area contributed by atoms with E-state index in [1.807, 2.05) is 13.8 Å². The number of nitrogens with zero attached hydrogens (tertiary/aromatic N) is 4. The summed E-state index contributed by atoms with van der Waals surface area (Å²) in [6.07, 6.45) is 0.162. The molecule has 0 unspecified atom stereocenters. The Balaban J connectivity index is 2.65. The Morgan fingerprint density at radius 3 is 2.40 bits per heavy atom. The molecule has 0 saturated heterocycles. The Morgan fingerprint density at radius 2 is 1.87 bits per heavy atom. The van der Waals surface area contributed by atoms with Crippen molar-refractivity contribution in [1.82, 2.24) is 14.9 Å². The number of rotatable bonds is 7. The standard InChI is InChI=1S/C19H24N6O5/c1-10(2)6-12-16(18(26)24(4)5)11(3)7-13(17(12)25(29)30)22-14-8-15(21-9-20-14)23-19(27)28/h7-10H,6H2,1-5H3,(H,27,28)(H2,20,21,22,23). The van der Waals surface area contributed by atoms with Gasteiger partial charge in [0.25, 0.3) is 11.6 Å². The van der Waals surface area contributed by atoms with Crippen molar-refractivity contribution >= 4 is 35.0 Å². The fourth-order valence-electron chi connectivity index (χ4n) is 3.05. The van der Waals surface area contributed by atoms with Crippen molar-refractivity contribution in [2.24, 2.45) is 5.92 Å². The lowest BCUT2D eigenvalue weighted by Gasteiger charge is -2.20. The number of aryl methyl sites for hydroxylation is 1. The van der Waals surface area contributed by atoms with E-state index in [9.17, 15) is 19.7 Å². The molecule has 1 aromatic heterocycles. The average Bonchev–Trinajstić information content (AvgIpc) is 2.60. The van der Waals surface area contributed by atoms with Crippen LogP contribution in [0.15, 0.2) is 18.5 Å². The van der Waals surface area contributed by atoms with E-state index in [1.54, 1.807) is 21.0 Å². The largest absolute Gasteiger partial charge is 0.465 e. The summed E-state index contributed by atoms with van der Waals surface area (Å²) in [4.78, 5) is 44.2. The molecule has 1 aromatic carbocycles. The molecule has 11 nitrogen and oxygen atoms in total. The first-order valence-corrected chi connectivity index (χ1v) is 9.12. The van der Waals surface area contributed by atoms with E-state index < -0.39 is 11.0 Å². The Bertz CT molecular complexity index is 990. The Kier molecular flexibility index (Phi) is 6.88. The monoisotopic (exact) mass is 416 g/mol. The predicted molar refractivity (Wildman–Crippen MR) is 111 cm³/mol. The lowest BCUT2D eigenvalue weighted by atomic mass is 9.91. The second-order valence-electron chi connectivity index (χ2n) is 7.34. The van der Waals surface area contributed by atoms with E-state index in [2.05, 4.69) is 20.6 Å². The van der Waals surface area contributed by atoms with Gasteiger partial charge < -0.3 is 15.3 Å². The third-order valence-electron chi connectivity index (χ3n) is 4.18. The lowest BCUT2D eigenvalue weighted by molar-refractivity contribution is -0.384. The molecule has 30 heavy (non-hydrogen) atoms. The second-order valence-corrected chi connectivity index (χ2v) is 7.34. The number of nitro groups is 1. The van der Waals surface area contributed by atoms with E-state index in [1.165, 1.54) is 17.0 Å². The molecule has 2 rings (SSSR count). The molecule has 160 valence electrons. The summed E-state index contributed by atoms with van der Waals surface area (Å²) in [6.45, 7) is 5.54. The smallest absolute Gasteiger partial charge is 0.410 e. The minimum absolute atomic E-state index is 0.0150. The summed E-state index contributed by atoms with van der Waals surface area (Å²) in [6, 6.07) is 2.83. The zero-order valence-electron chi connectivity index (χ0n) is 17.4. The van der Waals surface area contributed by atoms with Crippen LogP contribution in [-0.2, 0) is 6.42 Å². The summed E-state index contributed by atoms with van der Waals surface area (Å²) in [5, 5.41) is 25.8. The average molecular weight is 416 g/mol. The van der Waals surface area contributed by atoms with Crippen molar-refractivity contribution in [3.8, 4) is 0 Å². The minimum atomic E-state index is -1.30. The maximum atomic E-state index is 12.8. The summed E-state index contributed by atoms with van der Waals surface area (Å²) < 4.78 is 0. The maximum absolute atomic E-state index is 12.8. The van der Waals surface area contributed by atoms with Crippen LogP contribution in [-0.4, -0.2) is 51.0 Å². The number of nitro benzene ring substituents is 1. The van der Waals surface area contributed by atoms with Crippen LogP contribution in [0.1, 0.15) is 35.3 Å². The van der Waals surface area contributed by atoms with E-state index in [-0.39, 0.29) is 34.8 Å². The molecule has 3 N–H and O–H groups in total. The first-order chi connectivity index (χ1) is 14.0. The number of aromatic nitrogens is 2. The number of carbonyl (C=O) groups is 2. The molecule has 11 heteroatoms. The van der Waals surface area contributed by atoms with Gasteiger partial charge in [-0.25, -0.2) is 14.8 Å². The molecule has 0 aliphatic rings. The van der Waals surface area contributed by atoms with Crippen molar-refractivity contribution in [1.29, 1.82) is 0 Å². The highest BCUT2D eigenvalue weighted by molar-refractivity contribution is 5.99. The lowest BCUT2D eigenvalue weighted by Crippen LogP contribution is -2.25. The van der Waals surface area contributed by atoms with Crippen LogP contribution in [0.3, 0.4) is 0 Å². The van der Waals surface area contributed by atoms with Crippen molar-refractivity contribution in [3.63, 3.8) is 0 Å². The van der Waals surface area contributed by atoms with E-state index in [4.69, 9.17) is 5.11 Å². The molecule has 0 spiro atoms. The number of nitrogens with one attached hydrogen (secondary N) is 2. The highest BCUT2D eigenvalue weighted by Gasteiger charge is 2.29. The summed E-state index contributed by atoms with van der Waals surface area (Å²) in [5.41, 5.74) is 1.17. The number of carbonyl (C=O) groups excluding carboxylic acids is 1. The van der Waals surface area contributed by atoms with Crippen LogP contribution < -0.4 is 10.6 Å². The number of hydrogen-bond acceptors (Lipinski definition) is 7. The van der Waals surface area contributed by atoms with Gasteiger partial charge in [-0.3, -0.25) is 20.2 Å². The van der Waals surface area contributed by atoms with Gasteiger partial charge in [0.1, 0.15) is 23.7 Å². The third kappa shape index (κ3) is 5.19. The van der Waals surface area contributed by atoms with Crippen LogP contribution in [0.2, 0.25) is 0 Å². The highest BCUT2D eigenvalue weighted by atomic mass is 16.6. The van der Waals surface area contributed by atoms with Crippen molar-refractivity contribution in [2.75, 3.05) is 24.7 Å². The molecule has 0 saturated carbocycles. The Hall–Kier alpha value is -3.76. The van der Waals surface area contributed by atoms with Gasteiger partial charge in [0.05, 0.1) is 10.5 Å². The van der Waals surface area contributed by atoms with E-state index in [0.717, 1.165) is 6.33 Å². The quantitative estimate of drug-likeness (QED) is 0.459. The number of hydrogen-bond donors (Lipinski definition) is 3. The van der Waals surface area contributed by atoms with Crippen LogP contribution in [0.25, 0.3) is 0 Å². The summed E-state index contributed by atoms with van der Waals surface area (Å²) >= 11 is 0. The van der Waals surface area contributed by atoms with Gasteiger partial charge in [0.15, 0.2) is 0 Å². The summed E-state index contributed by atoms with van der Waals surface area (Å²) in [5.74, 6) is -0.0649. The first-order valence-electron chi connectivity index (χ1n) is 9.12. The van der Waals surface area contributed by atoms with Crippen LogP contribution in [0.4, 0.5) is 27.8 Å². The molecule has 0 fully saturated rings. The zero-order chi connectivity index (χ0) is 22.6. The normalized spacial score (nSPS) is 10.6. The number of anilines is 3. The molecule has 0 atom stereocenters. The molecule has 0 bridgehead atoms. The Labute approximate surface area is 173 Å². The molecule has 0 aliphatic carbocycles. The molecule has 2 aromatic rings. The molecule has 1 heterocycles. The Morgan fingerprint density at radius 1 is 1.23 bits per heavy atom. The van der Waals surface area contributed by atoms with Crippen LogP contribution in [0, 0.1) is 23.0 Å². The first kappa shape index (κ1) is 22.5. The van der Waals surface area contributed by atoms with E-state index >= 15 is 0 Å². The van der Waals surface area contributed by atoms with Crippen molar-refractivity contribution in [2.45, 2.75) is 27.2 Å². The van der Waals surface area contributed by atoms with Crippen molar-refractivity contribution in [3.05, 3.63) is 45.3 Å². The number of carboxylic acid groups (broad SMARTS) is 1. The van der Waals surface area contributed by atoms with Crippen LogP contribution in [0.5, 0.6) is 0 Å². The third-order valence-corrected chi connectivity index (χ3v) is 4.18. The fourth-order valence-corrected chi connectivity index (χ4v) is 3.05. The minimum Gasteiger partial charge on any atom is -0.465 e.